The molecule has 2 N–H and O–H groups in total. The van der Waals surface area contributed by atoms with Gasteiger partial charge >= 0.3 is 0 Å². The summed E-state index contributed by atoms with van der Waals surface area (Å²) in [7, 11) is 1.33. The molecular formula is C63H129N2O6P. The molecule has 72 heavy (non-hydrogen) atoms. The van der Waals surface area contributed by atoms with E-state index in [-0.39, 0.29) is 19.1 Å². The Bertz CT molecular complexity index is 1140. The Morgan fingerprint density at radius 1 is 0.431 bits per heavy atom. The normalized spacial score (nSPS) is 13.7. The number of nitrogens with one attached hydrogen (secondary N) is 1. The van der Waals surface area contributed by atoms with Crippen molar-refractivity contribution < 1.29 is 32.9 Å². The highest BCUT2D eigenvalue weighted by Crippen LogP contribution is 2.38. The molecule has 9 heteroatoms. The van der Waals surface area contributed by atoms with Crippen LogP contribution in [-0.4, -0.2) is 68.5 Å². The van der Waals surface area contributed by atoms with Crippen LogP contribution < -0.4 is 10.2 Å². The lowest BCUT2D eigenvalue weighted by atomic mass is 10.0. The van der Waals surface area contributed by atoms with Crippen LogP contribution in [0.4, 0.5) is 0 Å². The molecule has 3 unspecified atom stereocenters. The van der Waals surface area contributed by atoms with Gasteiger partial charge in [-0.15, -0.1) is 0 Å². The smallest absolute Gasteiger partial charge is 0.268 e. The van der Waals surface area contributed by atoms with Crippen molar-refractivity contribution in [2.75, 3.05) is 40.9 Å². The first-order valence-corrected chi connectivity index (χ1v) is 33.8. The number of hydrogen-bond acceptors (Lipinski definition) is 6. The van der Waals surface area contributed by atoms with Crippen LogP contribution in [0, 0.1) is 0 Å². The van der Waals surface area contributed by atoms with E-state index in [0.29, 0.717) is 23.9 Å². The zero-order chi connectivity index (χ0) is 52.7. The Labute approximate surface area is 450 Å². The number of likely N-dealkylation sites (N-methyl/N-ethyl adjacent to an activating group) is 1. The Balaban J connectivity index is 3.96. The summed E-state index contributed by atoms with van der Waals surface area (Å²) in [6, 6.07) is -0.795. The zero-order valence-electron chi connectivity index (χ0n) is 49.4. The van der Waals surface area contributed by atoms with Crippen molar-refractivity contribution in [3.05, 3.63) is 0 Å². The highest BCUT2D eigenvalue weighted by atomic mass is 31.2. The first-order chi connectivity index (χ1) is 35.0. The Hall–Kier alpha value is -0.500. The average Bonchev–Trinajstić information content (AvgIpc) is 3.34. The number of phosphoric acid groups is 1. The Kier molecular flexibility index (Phi) is 54.9. The highest BCUT2D eigenvalue weighted by molar-refractivity contribution is 7.45. The quantitative estimate of drug-likeness (QED) is 0.0357. The van der Waals surface area contributed by atoms with Gasteiger partial charge in [-0.05, 0) is 12.8 Å². The number of hydrogen-bond donors (Lipinski definition) is 2. The number of aliphatic hydroxyl groups excluding tert-OH is 1. The van der Waals surface area contributed by atoms with Crippen molar-refractivity contribution in [1.29, 1.82) is 0 Å². The van der Waals surface area contributed by atoms with Crippen molar-refractivity contribution in [2.45, 2.75) is 360 Å². The number of carbonyl (C=O) groups is 1. The molecule has 0 aliphatic heterocycles. The molecular weight excluding hydrogens is 912 g/mol. The summed E-state index contributed by atoms with van der Waals surface area (Å²) in [5.74, 6) is -0.155. The van der Waals surface area contributed by atoms with E-state index < -0.39 is 20.0 Å². The van der Waals surface area contributed by atoms with Crippen LogP contribution in [0.15, 0.2) is 0 Å². The average molecular weight is 1040 g/mol. The number of rotatable bonds is 61. The van der Waals surface area contributed by atoms with Crippen molar-refractivity contribution in [2.24, 2.45) is 0 Å². The third kappa shape index (κ3) is 57.2. The summed E-state index contributed by atoms with van der Waals surface area (Å²) in [5.41, 5.74) is 0. The lowest BCUT2D eigenvalue weighted by molar-refractivity contribution is -0.870. The van der Waals surface area contributed by atoms with Gasteiger partial charge in [-0.3, -0.25) is 9.36 Å². The van der Waals surface area contributed by atoms with Crippen LogP contribution in [0.3, 0.4) is 0 Å². The molecule has 0 rings (SSSR count). The van der Waals surface area contributed by atoms with E-state index in [4.69, 9.17) is 9.05 Å². The topological polar surface area (TPSA) is 108 Å². The SMILES string of the molecule is CCCCCCCCCCCCCCCCCCCCCCCCCCCCCCCCCCC(=O)NC(COP(=O)([O-])OCC[N+](C)(C)C)C(O)CCCCCCCCCCCCCCCCCCCC. The van der Waals surface area contributed by atoms with Crippen LogP contribution in [-0.2, 0) is 18.4 Å². The van der Waals surface area contributed by atoms with Gasteiger partial charge in [0.25, 0.3) is 7.82 Å². The summed E-state index contributed by atoms with van der Waals surface area (Å²) in [6.45, 7) is 4.79. The first-order valence-electron chi connectivity index (χ1n) is 32.4. The molecule has 0 aliphatic rings. The highest BCUT2D eigenvalue weighted by Gasteiger charge is 2.24. The lowest BCUT2D eigenvalue weighted by Gasteiger charge is -2.30. The van der Waals surface area contributed by atoms with Gasteiger partial charge in [0.1, 0.15) is 13.2 Å². The van der Waals surface area contributed by atoms with Gasteiger partial charge in [0.05, 0.1) is 39.9 Å². The lowest BCUT2D eigenvalue weighted by Crippen LogP contribution is -2.46. The van der Waals surface area contributed by atoms with E-state index in [1.807, 2.05) is 21.1 Å². The second-order valence-corrected chi connectivity index (χ2v) is 25.3. The molecule has 1 amide bonds. The van der Waals surface area contributed by atoms with Crippen molar-refractivity contribution in [3.8, 4) is 0 Å². The second kappa shape index (κ2) is 55.3. The largest absolute Gasteiger partial charge is 0.756 e. The van der Waals surface area contributed by atoms with Gasteiger partial charge in [0, 0.05) is 6.42 Å². The van der Waals surface area contributed by atoms with E-state index in [9.17, 15) is 19.4 Å². The number of carbonyl (C=O) groups excluding carboxylic acids is 1. The van der Waals surface area contributed by atoms with Crippen LogP contribution in [0.25, 0.3) is 0 Å². The molecule has 0 saturated carbocycles. The minimum atomic E-state index is -4.57. The third-order valence-electron chi connectivity index (χ3n) is 15.3. The van der Waals surface area contributed by atoms with Crippen molar-refractivity contribution in [1.82, 2.24) is 5.32 Å². The summed E-state index contributed by atoms with van der Waals surface area (Å²) in [6.07, 6.45) is 67.4. The minimum Gasteiger partial charge on any atom is -0.756 e. The van der Waals surface area contributed by atoms with Gasteiger partial charge in [0.15, 0.2) is 0 Å². The maximum Gasteiger partial charge on any atom is 0.268 e. The first kappa shape index (κ1) is 71.5. The second-order valence-electron chi connectivity index (χ2n) is 23.8. The molecule has 0 heterocycles. The summed E-state index contributed by atoms with van der Waals surface area (Å²) >= 11 is 0. The summed E-state index contributed by atoms with van der Waals surface area (Å²) < 4.78 is 23.5. The number of nitrogens with zero attached hydrogens (tertiary/aromatic N) is 1. The molecule has 0 saturated heterocycles. The number of phosphoric ester groups is 1. The van der Waals surface area contributed by atoms with Crippen LogP contribution >= 0.6 is 7.82 Å². The van der Waals surface area contributed by atoms with E-state index >= 15 is 0 Å². The third-order valence-corrected chi connectivity index (χ3v) is 16.3. The molecule has 0 spiro atoms. The zero-order valence-corrected chi connectivity index (χ0v) is 50.3. The predicted octanol–water partition coefficient (Wildman–Crippen LogP) is 19.4. The molecule has 0 aromatic carbocycles. The molecule has 0 aromatic rings. The van der Waals surface area contributed by atoms with Crippen molar-refractivity contribution in [3.63, 3.8) is 0 Å². The number of aliphatic hydroxyl groups is 1. The summed E-state index contributed by atoms with van der Waals surface area (Å²) in [4.78, 5) is 25.6. The van der Waals surface area contributed by atoms with Gasteiger partial charge in [-0.2, -0.15) is 0 Å². The fraction of sp³-hybridized carbons (Fsp3) is 0.984. The van der Waals surface area contributed by atoms with E-state index in [1.165, 1.54) is 283 Å². The molecule has 0 fully saturated rings. The molecule has 0 aromatic heterocycles. The fourth-order valence-corrected chi connectivity index (χ4v) is 11.0. The molecule has 0 aliphatic carbocycles. The standard InChI is InChI=1S/C63H129N2O6P/c1-6-8-10-12-14-16-18-20-22-24-26-27-28-29-30-31-32-33-34-35-36-37-38-39-41-43-45-47-49-51-53-55-57-63(67)64-61(60-71-72(68,69)70-59-58-65(3,4)5)62(66)56-54-52-50-48-46-44-42-40-25-23-21-19-17-15-13-11-9-7-2/h61-62,66H,6-60H2,1-5H3,(H-,64,67,68,69). The molecule has 8 nitrogen and oxygen atoms in total. The maximum atomic E-state index is 13.0. The monoisotopic (exact) mass is 1040 g/mol. The molecule has 0 radical (unpaired) electrons. The molecule has 432 valence electrons. The van der Waals surface area contributed by atoms with Crippen LogP contribution in [0.2, 0.25) is 0 Å². The number of amides is 1. The number of quaternary nitrogens is 1. The van der Waals surface area contributed by atoms with Gasteiger partial charge in [0.2, 0.25) is 5.91 Å². The molecule has 0 bridgehead atoms. The summed E-state index contributed by atoms with van der Waals surface area (Å²) in [5, 5.41) is 14.1. The Morgan fingerprint density at radius 2 is 0.681 bits per heavy atom. The predicted molar refractivity (Wildman–Crippen MR) is 312 cm³/mol. The van der Waals surface area contributed by atoms with Gasteiger partial charge < -0.3 is 28.8 Å². The fourth-order valence-electron chi connectivity index (χ4n) is 10.3. The number of unbranched alkanes of at least 4 members (excludes halogenated alkanes) is 48. The van der Waals surface area contributed by atoms with Crippen LogP contribution in [0.5, 0.6) is 0 Å². The van der Waals surface area contributed by atoms with Gasteiger partial charge in [-0.1, -0.05) is 328 Å². The molecule has 3 atom stereocenters. The minimum absolute atomic E-state index is 0.0167. The van der Waals surface area contributed by atoms with E-state index in [2.05, 4.69) is 19.2 Å². The van der Waals surface area contributed by atoms with Crippen molar-refractivity contribution >= 4 is 13.7 Å². The Morgan fingerprint density at radius 3 is 0.944 bits per heavy atom. The van der Waals surface area contributed by atoms with E-state index in [1.54, 1.807) is 0 Å². The maximum absolute atomic E-state index is 13.0. The van der Waals surface area contributed by atoms with Crippen LogP contribution in [0.1, 0.15) is 348 Å². The van der Waals surface area contributed by atoms with E-state index in [0.717, 1.165) is 38.5 Å². The van der Waals surface area contributed by atoms with Gasteiger partial charge in [-0.25, -0.2) is 0 Å².